The van der Waals surface area contributed by atoms with E-state index >= 15 is 0 Å². The van der Waals surface area contributed by atoms with E-state index in [-0.39, 0.29) is 0 Å². The number of benzene rings is 1. The first-order chi connectivity index (χ1) is 10.3. The molecule has 0 saturated heterocycles. The van der Waals surface area contributed by atoms with Crippen molar-refractivity contribution in [2.24, 2.45) is 0 Å². The fraction of sp³-hybridized carbons (Fsp3) is 0.143. The molecular formula is C14H14N6S. The van der Waals surface area contributed by atoms with Crippen LogP contribution in [-0.4, -0.2) is 31.6 Å². The van der Waals surface area contributed by atoms with Crippen molar-refractivity contribution >= 4 is 34.3 Å². The van der Waals surface area contributed by atoms with Gasteiger partial charge in [0.15, 0.2) is 5.11 Å². The lowest BCUT2D eigenvalue weighted by Crippen LogP contribution is -2.30. The fourth-order valence-corrected chi connectivity index (χ4v) is 2.11. The lowest BCUT2D eigenvalue weighted by molar-refractivity contribution is 0.812. The Labute approximate surface area is 127 Å². The molecule has 0 fully saturated rings. The number of hydrogen-bond acceptors (Lipinski definition) is 4. The lowest BCUT2D eigenvalue weighted by atomic mass is 10.3. The average molecular weight is 298 g/mol. The van der Waals surface area contributed by atoms with Crippen LogP contribution in [0, 0.1) is 0 Å². The van der Waals surface area contributed by atoms with Crippen LogP contribution in [0.3, 0.4) is 0 Å². The summed E-state index contributed by atoms with van der Waals surface area (Å²) in [7, 11) is 0. The molecule has 6 nitrogen and oxygen atoms in total. The molecule has 2 aromatic heterocycles. The molecule has 0 aliphatic carbocycles. The Morgan fingerprint density at radius 2 is 1.95 bits per heavy atom. The molecule has 0 amide bonds. The SMILES string of the molecule is S=C(NCCc1ncccn1)Nc1nc2ccccc2[nH]1. The molecule has 0 atom stereocenters. The van der Waals surface area contributed by atoms with E-state index in [0.717, 1.165) is 16.9 Å². The first-order valence-electron chi connectivity index (χ1n) is 6.57. The van der Waals surface area contributed by atoms with Gasteiger partial charge in [-0.15, -0.1) is 0 Å². The fourth-order valence-electron chi connectivity index (χ4n) is 1.91. The Morgan fingerprint density at radius 3 is 2.76 bits per heavy atom. The predicted octanol–water partition coefficient (Wildman–Crippen LogP) is 1.88. The van der Waals surface area contributed by atoms with Gasteiger partial charge in [-0.05, 0) is 30.4 Å². The van der Waals surface area contributed by atoms with Crippen LogP contribution in [0.5, 0.6) is 0 Å². The zero-order chi connectivity index (χ0) is 14.5. The van der Waals surface area contributed by atoms with Crippen LogP contribution < -0.4 is 10.6 Å². The van der Waals surface area contributed by atoms with Crippen molar-refractivity contribution in [3.63, 3.8) is 0 Å². The highest BCUT2D eigenvalue weighted by atomic mass is 32.1. The molecule has 3 aromatic rings. The smallest absolute Gasteiger partial charge is 0.207 e. The maximum atomic E-state index is 5.23. The van der Waals surface area contributed by atoms with Gasteiger partial charge < -0.3 is 15.6 Å². The van der Waals surface area contributed by atoms with Gasteiger partial charge in [-0.1, -0.05) is 12.1 Å². The molecule has 0 aliphatic rings. The summed E-state index contributed by atoms with van der Waals surface area (Å²) >= 11 is 5.23. The first kappa shape index (κ1) is 13.4. The average Bonchev–Trinajstić information content (AvgIpc) is 2.90. The Bertz CT molecular complexity index is 706. The standard InChI is InChI=1S/C14H14N6S/c21-14(17-9-6-12-15-7-3-8-16-12)20-13-18-10-4-1-2-5-11(10)19-13/h1-5,7-8H,6,9H2,(H3,17,18,19,20,21). The largest absolute Gasteiger partial charge is 0.362 e. The van der Waals surface area contributed by atoms with Crippen molar-refractivity contribution in [1.29, 1.82) is 0 Å². The number of aromatic amines is 1. The van der Waals surface area contributed by atoms with Crippen LogP contribution in [-0.2, 0) is 6.42 Å². The molecule has 1 aromatic carbocycles. The second kappa shape index (κ2) is 6.27. The summed E-state index contributed by atoms with van der Waals surface area (Å²) in [4.78, 5) is 15.9. The molecular weight excluding hydrogens is 284 g/mol. The zero-order valence-corrected chi connectivity index (χ0v) is 12.0. The van der Waals surface area contributed by atoms with Crippen molar-refractivity contribution in [3.05, 3.63) is 48.5 Å². The van der Waals surface area contributed by atoms with Crippen LogP contribution in [0.25, 0.3) is 11.0 Å². The molecule has 3 N–H and O–H groups in total. The summed E-state index contributed by atoms with van der Waals surface area (Å²) in [6.07, 6.45) is 4.17. The van der Waals surface area contributed by atoms with Gasteiger partial charge >= 0.3 is 0 Å². The summed E-state index contributed by atoms with van der Waals surface area (Å²) in [6.45, 7) is 0.663. The van der Waals surface area contributed by atoms with Crippen LogP contribution in [0.4, 0.5) is 5.95 Å². The Hall–Kier alpha value is -2.54. The monoisotopic (exact) mass is 298 g/mol. The van der Waals surface area contributed by atoms with Crippen molar-refractivity contribution in [3.8, 4) is 0 Å². The van der Waals surface area contributed by atoms with Gasteiger partial charge in [-0.3, -0.25) is 0 Å². The number of aromatic nitrogens is 4. The second-order valence-corrected chi connectivity index (χ2v) is 4.81. The van der Waals surface area contributed by atoms with E-state index in [2.05, 4.69) is 30.6 Å². The van der Waals surface area contributed by atoms with Gasteiger partial charge in [0.05, 0.1) is 11.0 Å². The Balaban J connectivity index is 1.52. The quantitative estimate of drug-likeness (QED) is 0.638. The number of rotatable bonds is 4. The minimum absolute atomic E-state index is 0.519. The normalized spacial score (nSPS) is 10.5. The van der Waals surface area contributed by atoms with E-state index in [0.29, 0.717) is 24.0 Å². The number of hydrogen-bond donors (Lipinski definition) is 3. The number of thiocarbonyl (C=S) groups is 1. The molecule has 7 heteroatoms. The number of nitrogens with zero attached hydrogens (tertiary/aromatic N) is 3. The molecule has 21 heavy (non-hydrogen) atoms. The summed E-state index contributed by atoms with van der Waals surface area (Å²) in [5.74, 6) is 1.42. The number of H-pyrrole nitrogens is 1. The number of fused-ring (bicyclic) bond motifs is 1. The lowest BCUT2D eigenvalue weighted by Gasteiger charge is -2.07. The number of nitrogens with one attached hydrogen (secondary N) is 3. The van der Waals surface area contributed by atoms with Gasteiger partial charge in [0, 0.05) is 25.4 Å². The van der Waals surface area contributed by atoms with Gasteiger partial charge in [0.25, 0.3) is 0 Å². The molecule has 0 spiro atoms. The molecule has 0 aliphatic heterocycles. The molecule has 2 heterocycles. The number of anilines is 1. The first-order valence-corrected chi connectivity index (χ1v) is 6.97. The van der Waals surface area contributed by atoms with Gasteiger partial charge in [-0.25, -0.2) is 15.0 Å². The highest BCUT2D eigenvalue weighted by Gasteiger charge is 2.03. The van der Waals surface area contributed by atoms with E-state index in [4.69, 9.17) is 12.2 Å². The van der Waals surface area contributed by atoms with Gasteiger partial charge in [0.1, 0.15) is 5.82 Å². The van der Waals surface area contributed by atoms with Gasteiger partial charge in [-0.2, -0.15) is 0 Å². The van der Waals surface area contributed by atoms with Crippen molar-refractivity contribution in [2.45, 2.75) is 6.42 Å². The third kappa shape index (κ3) is 3.51. The highest BCUT2D eigenvalue weighted by molar-refractivity contribution is 7.80. The number of imidazole rings is 1. The molecule has 106 valence electrons. The molecule has 0 unspecified atom stereocenters. The van der Waals surface area contributed by atoms with E-state index in [9.17, 15) is 0 Å². The van der Waals surface area contributed by atoms with E-state index < -0.39 is 0 Å². The Kier molecular flexibility index (Phi) is 4.02. The minimum Gasteiger partial charge on any atom is -0.362 e. The zero-order valence-electron chi connectivity index (χ0n) is 11.2. The highest BCUT2D eigenvalue weighted by Crippen LogP contribution is 2.12. The minimum atomic E-state index is 0.519. The summed E-state index contributed by atoms with van der Waals surface area (Å²) in [6, 6.07) is 9.62. The van der Waals surface area contributed by atoms with Crippen LogP contribution in [0.2, 0.25) is 0 Å². The van der Waals surface area contributed by atoms with Gasteiger partial charge in [0.2, 0.25) is 5.95 Å². The predicted molar refractivity (Wildman–Crippen MR) is 86.1 cm³/mol. The van der Waals surface area contributed by atoms with Crippen LogP contribution in [0.1, 0.15) is 5.82 Å². The maximum Gasteiger partial charge on any atom is 0.207 e. The maximum absolute atomic E-state index is 5.23. The summed E-state index contributed by atoms with van der Waals surface area (Å²) < 4.78 is 0. The third-order valence-electron chi connectivity index (χ3n) is 2.87. The van der Waals surface area contributed by atoms with Crippen molar-refractivity contribution in [1.82, 2.24) is 25.3 Å². The number of para-hydroxylation sites is 2. The van der Waals surface area contributed by atoms with E-state index in [1.165, 1.54) is 0 Å². The van der Waals surface area contributed by atoms with Crippen LogP contribution in [0.15, 0.2) is 42.7 Å². The topological polar surface area (TPSA) is 78.5 Å². The van der Waals surface area contributed by atoms with Crippen LogP contribution >= 0.6 is 12.2 Å². The van der Waals surface area contributed by atoms with Crippen molar-refractivity contribution < 1.29 is 0 Å². The molecule has 0 saturated carbocycles. The molecule has 0 bridgehead atoms. The second-order valence-electron chi connectivity index (χ2n) is 4.40. The Morgan fingerprint density at radius 1 is 1.14 bits per heavy atom. The van der Waals surface area contributed by atoms with E-state index in [1.807, 2.05) is 24.3 Å². The third-order valence-corrected chi connectivity index (χ3v) is 3.12. The summed E-state index contributed by atoms with van der Waals surface area (Å²) in [5, 5.41) is 6.65. The molecule has 0 radical (unpaired) electrons. The summed E-state index contributed by atoms with van der Waals surface area (Å²) in [5.41, 5.74) is 1.88. The van der Waals surface area contributed by atoms with Crippen molar-refractivity contribution in [2.75, 3.05) is 11.9 Å². The van der Waals surface area contributed by atoms with E-state index in [1.54, 1.807) is 18.5 Å². The molecule has 3 rings (SSSR count).